The number of ether oxygens (including phenoxy) is 1. The number of carbonyl (C=O) groups excluding carboxylic acids is 1. The molecule has 0 aliphatic heterocycles. The van der Waals surface area contributed by atoms with Crippen molar-refractivity contribution in [3.05, 3.63) is 23.8 Å². The topological polar surface area (TPSA) is 26.3 Å². The Morgan fingerprint density at radius 2 is 2.19 bits per heavy atom. The number of rotatable bonds is 4. The second kappa shape index (κ2) is 6.37. The van der Waals surface area contributed by atoms with E-state index in [4.69, 9.17) is 4.74 Å². The average Bonchev–Trinajstić information content (AvgIpc) is 2.43. The second-order valence-electron chi connectivity index (χ2n) is 7.59. The Bertz CT molecular complexity index is 446. The van der Waals surface area contributed by atoms with E-state index in [9.17, 15) is 4.79 Å². The summed E-state index contributed by atoms with van der Waals surface area (Å²) in [6.45, 7) is 13.1. The number of esters is 1. The van der Waals surface area contributed by atoms with Gasteiger partial charge in [0.2, 0.25) is 0 Å². The van der Waals surface area contributed by atoms with Gasteiger partial charge in [0.05, 0.1) is 5.92 Å². The van der Waals surface area contributed by atoms with Crippen LogP contribution in [-0.4, -0.2) is 12.6 Å². The molecule has 0 amide bonds. The van der Waals surface area contributed by atoms with Crippen LogP contribution in [0.25, 0.3) is 0 Å². The molecular formula is C19H30O2. The van der Waals surface area contributed by atoms with Crippen molar-refractivity contribution in [3.63, 3.8) is 0 Å². The van der Waals surface area contributed by atoms with Gasteiger partial charge in [0.25, 0.3) is 0 Å². The molecule has 2 rings (SSSR count). The van der Waals surface area contributed by atoms with Crippen LogP contribution in [0.15, 0.2) is 23.8 Å². The molecule has 0 unspecified atom stereocenters. The predicted octanol–water partition coefficient (Wildman–Crippen LogP) is 4.90. The van der Waals surface area contributed by atoms with Gasteiger partial charge in [0.15, 0.2) is 0 Å². The molecule has 0 aromatic carbocycles. The van der Waals surface area contributed by atoms with Gasteiger partial charge in [-0.05, 0) is 61.9 Å². The van der Waals surface area contributed by atoms with Crippen molar-refractivity contribution in [2.45, 2.75) is 59.8 Å². The van der Waals surface area contributed by atoms with Crippen molar-refractivity contribution in [2.75, 3.05) is 6.61 Å². The molecule has 0 bridgehead atoms. The molecule has 0 heterocycles. The highest BCUT2D eigenvalue weighted by Crippen LogP contribution is 2.52. The summed E-state index contributed by atoms with van der Waals surface area (Å²) in [5, 5.41) is 0. The molecule has 3 atom stereocenters. The number of allylic oxidation sites excluding steroid dienone is 2. The normalized spacial score (nSPS) is 32.3. The summed E-state index contributed by atoms with van der Waals surface area (Å²) in [5.74, 6) is 1.01. The zero-order chi connectivity index (χ0) is 15.6. The lowest BCUT2D eigenvalue weighted by Gasteiger charge is -2.48. The summed E-state index contributed by atoms with van der Waals surface area (Å²) in [7, 11) is 0. The molecule has 0 radical (unpaired) electrons. The van der Waals surface area contributed by atoms with Gasteiger partial charge in [-0.3, -0.25) is 4.79 Å². The Labute approximate surface area is 129 Å². The molecule has 2 nitrogen and oxygen atoms in total. The van der Waals surface area contributed by atoms with Crippen molar-refractivity contribution < 1.29 is 9.53 Å². The van der Waals surface area contributed by atoms with Gasteiger partial charge < -0.3 is 4.74 Å². The minimum absolute atomic E-state index is 0.0593. The van der Waals surface area contributed by atoms with E-state index in [0.29, 0.717) is 23.9 Å². The third-order valence-electron chi connectivity index (χ3n) is 5.61. The van der Waals surface area contributed by atoms with Gasteiger partial charge in [-0.15, -0.1) is 0 Å². The van der Waals surface area contributed by atoms with Crippen LogP contribution in [0.5, 0.6) is 0 Å². The van der Waals surface area contributed by atoms with Crippen molar-refractivity contribution in [1.29, 1.82) is 0 Å². The van der Waals surface area contributed by atoms with Crippen LogP contribution in [0, 0.1) is 23.2 Å². The minimum atomic E-state index is -0.120. The standard InChI is InChI=1S/C19H30O2/c1-13(2)18(20)21-12-15(4)16-8-10-19(5)9-6-7-14(3)17(19)11-16/h7,13,16-17H,4,6,8-12H2,1-3,5H3/t16-,17+,19-/m1/s1. The molecule has 1 saturated carbocycles. The Morgan fingerprint density at radius 3 is 2.86 bits per heavy atom. The van der Waals surface area contributed by atoms with E-state index in [-0.39, 0.29) is 11.9 Å². The summed E-state index contributed by atoms with van der Waals surface area (Å²) in [6.07, 6.45) is 8.60. The van der Waals surface area contributed by atoms with Gasteiger partial charge in [0, 0.05) is 0 Å². The third-order valence-corrected chi connectivity index (χ3v) is 5.61. The van der Waals surface area contributed by atoms with Gasteiger partial charge in [-0.2, -0.15) is 0 Å². The first-order valence-electron chi connectivity index (χ1n) is 8.34. The fourth-order valence-electron chi connectivity index (χ4n) is 3.99. The van der Waals surface area contributed by atoms with Gasteiger partial charge in [-0.1, -0.05) is 39.0 Å². The Kier molecular flexibility index (Phi) is 4.95. The number of hydrogen-bond acceptors (Lipinski definition) is 2. The van der Waals surface area contributed by atoms with Crippen LogP contribution in [0.1, 0.15) is 59.8 Å². The maximum Gasteiger partial charge on any atom is 0.308 e. The van der Waals surface area contributed by atoms with Crippen LogP contribution in [0.2, 0.25) is 0 Å². The summed E-state index contributed by atoms with van der Waals surface area (Å²) < 4.78 is 5.35. The molecule has 21 heavy (non-hydrogen) atoms. The molecular weight excluding hydrogens is 260 g/mol. The SMILES string of the molecule is C=C(COC(=O)C(C)C)[C@@H]1CC[C@@]2(C)CCC=C(C)[C@@H]2C1. The van der Waals surface area contributed by atoms with E-state index in [2.05, 4.69) is 26.5 Å². The van der Waals surface area contributed by atoms with E-state index < -0.39 is 0 Å². The average molecular weight is 290 g/mol. The summed E-state index contributed by atoms with van der Waals surface area (Å²) in [5.41, 5.74) is 3.13. The highest BCUT2D eigenvalue weighted by Gasteiger charge is 2.42. The van der Waals surface area contributed by atoms with Gasteiger partial charge in [-0.25, -0.2) is 0 Å². The lowest BCUT2D eigenvalue weighted by Crippen LogP contribution is -2.37. The van der Waals surface area contributed by atoms with E-state index in [1.54, 1.807) is 5.57 Å². The molecule has 0 saturated heterocycles. The van der Waals surface area contributed by atoms with Crippen molar-refractivity contribution in [3.8, 4) is 0 Å². The van der Waals surface area contributed by atoms with Crippen LogP contribution in [0.4, 0.5) is 0 Å². The van der Waals surface area contributed by atoms with Crippen molar-refractivity contribution in [1.82, 2.24) is 0 Å². The number of hydrogen-bond donors (Lipinski definition) is 0. The Hall–Kier alpha value is -1.05. The lowest BCUT2D eigenvalue weighted by atomic mass is 9.57. The fourth-order valence-corrected chi connectivity index (χ4v) is 3.99. The zero-order valence-corrected chi connectivity index (χ0v) is 14.1. The predicted molar refractivity (Wildman–Crippen MR) is 86.9 cm³/mol. The largest absolute Gasteiger partial charge is 0.461 e. The monoisotopic (exact) mass is 290 g/mol. The van der Waals surface area contributed by atoms with Crippen molar-refractivity contribution >= 4 is 5.97 Å². The smallest absolute Gasteiger partial charge is 0.308 e. The molecule has 0 aromatic rings. The van der Waals surface area contributed by atoms with E-state index >= 15 is 0 Å². The van der Waals surface area contributed by atoms with Crippen LogP contribution >= 0.6 is 0 Å². The second-order valence-corrected chi connectivity index (χ2v) is 7.59. The molecule has 2 aliphatic carbocycles. The molecule has 2 aliphatic rings. The molecule has 0 spiro atoms. The van der Waals surface area contributed by atoms with Gasteiger partial charge >= 0.3 is 5.97 Å². The molecule has 0 N–H and O–H groups in total. The Balaban J connectivity index is 1.94. The van der Waals surface area contributed by atoms with Crippen molar-refractivity contribution in [2.24, 2.45) is 23.2 Å². The summed E-state index contributed by atoms with van der Waals surface area (Å²) in [6, 6.07) is 0. The quantitative estimate of drug-likeness (QED) is 0.543. The Morgan fingerprint density at radius 1 is 1.48 bits per heavy atom. The van der Waals surface area contributed by atoms with E-state index in [0.717, 1.165) is 5.57 Å². The first-order chi connectivity index (χ1) is 9.83. The number of fused-ring (bicyclic) bond motifs is 1. The van der Waals surface area contributed by atoms with Crippen LogP contribution in [0.3, 0.4) is 0 Å². The first kappa shape index (κ1) is 16.3. The summed E-state index contributed by atoms with van der Waals surface area (Å²) >= 11 is 0. The summed E-state index contributed by atoms with van der Waals surface area (Å²) in [4.78, 5) is 11.6. The maximum absolute atomic E-state index is 11.6. The third kappa shape index (κ3) is 3.59. The number of carbonyl (C=O) groups is 1. The molecule has 118 valence electrons. The van der Waals surface area contributed by atoms with Crippen LogP contribution in [-0.2, 0) is 9.53 Å². The van der Waals surface area contributed by atoms with Gasteiger partial charge in [0.1, 0.15) is 6.61 Å². The molecule has 2 heteroatoms. The maximum atomic E-state index is 11.6. The first-order valence-corrected chi connectivity index (χ1v) is 8.34. The lowest BCUT2D eigenvalue weighted by molar-refractivity contribution is -0.146. The zero-order valence-electron chi connectivity index (χ0n) is 14.1. The van der Waals surface area contributed by atoms with E-state index in [1.807, 2.05) is 13.8 Å². The highest BCUT2D eigenvalue weighted by atomic mass is 16.5. The molecule has 0 aromatic heterocycles. The molecule has 1 fully saturated rings. The van der Waals surface area contributed by atoms with Crippen LogP contribution < -0.4 is 0 Å². The van der Waals surface area contributed by atoms with E-state index in [1.165, 1.54) is 32.1 Å². The fraction of sp³-hybridized carbons (Fsp3) is 0.737. The highest BCUT2D eigenvalue weighted by molar-refractivity contribution is 5.71. The minimum Gasteiger partial charge on any atom is -0.461 e.